The third kappa shape index (κ3) is 5.45. The summed E-state index contributed by atoms with van der Waals surface area (Å²) in [6.45, 7) is 8.94. The van der Waals surface area contributed by atoms with Crippen LogP contribution in [0.3, 0.4) is 0 Å². The van der Waals surface area contributed by atoms with E-state index in [1.165, 1.54) is 5.56 Å². The Bertz CT molecular complexity index is 382. The molecule has 0 aliphatic heterocycles. The second-order valence-electron chi connectivity index (χ2n) is 5.20. The van der Waals surface area contributed by atoms with Crippen LogP contribution in [-0.4, -0.2) is 23.0 Å². The van der Waals surface area contributed by atoms with E-state index < -0.39 is 0 Å². The number of pyridine rings is 1. The zero-order valence-electron chi connectivity index (χ0n) is 11.0. The van der Waals surface area contributed by atoms with Gasteiger partial charge in [0.2, 0.25) is 5.91 Å². The average molecular weight is 235 g/mol. The van der Waals surface area contributed by atoms with Crippen molar-refractivity contribution in [3.05, 3.63) is 29.6 Å². The maximum atomic E-state index is 11.5. The number of aryl methyl sites for hydroxylation is 1. The first-order valence-corrected chi connectivity index (χ1v) is 5.80. The third-order valence-electron chi connectivity index (χ3n) is 2.25. The van der Waals surface area contributed by atoms with E-state index >= 15 is 0 Å². The van der Waals surface area contributed by atoms with Gasteiger partial charge in [-0.1, -0.05) is 0 Å². The Labute approximate surface area is 103 Å². The standard InChI is InChI=1S/C13H21N3O/c1-10-7-14-6-5-11(10)8-15-9-12(17)16-13(2,3)4/h5-7,15H,8-9H2,1-4H3,(H,16,17). The maximum absolute atomic E-state index is 11.5. The maximum Gasteiger partial charge on any atom is 0.234 e. The molecule has 4 nitrogen and oxygen atoms in total. The van der Waals surface area contributed by atoms with Gasteiger partial charge in [0, 0.05) is 24.5 Å². The van der Waals surface area contributed by atoms with Gasteiger partial charge in [0.15, 0.2) is 0 Å². The molecule has 1 rings (SSSR count). The van der Waals surface area contributed by atoms with Crippen LogP contribution in [0.4, 0.5) is 0 Å². The SMILES string of the molecule is Cc1cnccc1CNCC(=O)NC(C)(C)C. The molecule has 0 aliphatic carbocycles. The first-order valence-electron chi connectivity index (χ1n) is 5.80. The normalized spacial score (nSPS) is 11.3. The minimum absolute atomic E-state index is 0.0178. The fraction of sp³-hybridized carbons (Fsp3) is 0.538. The Morgan fingerprint density at radius 3 is 2.71 bits per heavy atom. The molecular weight excluding hydrogens is 214 g/mol. The molecule has 0 fully saturated rings. The van der Waals surface area contributed by atoms with Crippen molar-refractivity contribution in [1.82, 2.24) is 15.6 Å². The predicted molar refractivity (Wildman–Crippen MR) is 68.6 cm³/mol. The summed E-state index contributed by atoms with van der Waals surface area (Å²) in [5.74, 6) is 0.0178. The van der Waals surface area contributed by atoms with E-state index in [0.29, 0.717) is 13.1 Å². The van der Waals surface area contributed by atoms with Crippen molar-refractivity contribution in [2.75, 3.05) is 6.54 Å². The first kappa shape index (κ1) is 13.6. The van der Waals surface area contributed by atoms with Crippen LogP contribution in [0, 0.1) is 6.92 Å². The number of hydrogen-bond donors (Lipinski definition) is 2. The average Bonchev–Trinajstić information content (AvgIpc) is 2.18. The second kappa shape index (κ2) is 5.77. The van der Waals surface area contributed by atoms with Gasteiger partial charge in [0.05, 0.1) is 6.54 Å². The van der Waals surface area contributed by atoms with Crippen molar-refractivity contribution in [1.29, 1.82) is 0 Å². The topological polar surface area (TPSA) is 54.0 Å². The molecule has 0 bridgehead atoms. The summed E-state index contributed by atoms with van der Waals surface area (Å²) < 4.78 is 0. The molecule has 0 spiro atoms. The molecule has 2 N–H and O–H groups in total. The molecule has 1 heterocycles. The highest BCUT2D eigenvalue weighted by atomic mass is 16.2. The van der Waals surface area contributed by atoms with E-state index in [2.05, 4.69) is 15.6 Å². The molecular formula is C13H21N3O. The van der Waals surface area contributed by atoms with Gasteiger partial charge in [0.25, 0.3) is 0 Å². The molecule has 0 aromatic carbocycles. The zero-order valence-corrected chi connectivity index (χ0v) is 11.0. The van der Waals surface area contributed by atoms with Crippen LogP contribution in [0.1, 0.15) is 31.9 Å². The van der Waals surface area contributed by atoms with Gasteiger partial charge < -0.3 is 10.6 Å². The van der Waals surface area contributed by atoms with Gasteiger partial charge in [-0.2, -0.15) is 0 Å². The molecule has 0 unspecified atom stereocenters. The van der Waals surface area contributed by atoms with Gasteiger partial charge in [-0.15, -0.1) is 0 Å². The van der Waals surface area contributed by atoms with E-state index in [0.717, 1.165) is 5.56 Å². The Balaban J connectivity index is 2.34. The number of amides is 1. The van der Waals surface area contributed by atoms with Gasteiger partial charge in [-0.05, 0) is 44.9 Å². The lowest BCUT2D eigenvalue weighted by Crippen LogP contribution is -2.44. The first-order chi connectivity index (χ1) is 7.88. The Morgan fingerprint density at radius 2 is 2.12 bits per heavy atom. The van der Waals surface area contributed by atoms with E-state index in [1.807, 2.05) is 40.0 Å². The summed E-state index contributed by atoms with van der Waals surface area (Å²) in [4.78, 5) is 15.6. The Kier molecular flexibility index (Phi) is 4.63. The summed E-state index contributed by atoms with van der Waals surface area (Å²) in [5, 5.41) is 6.03. The summed E-state index contributed by atoms with van der Waals surface area (Å²) in [6.07, 6.45) is 3.59. The van der Waals surface area contributed by atoms with E-state index in [1.54, 1.807) is 6.20 Å². The number of nitrogens with one attached hydrogen (secondary N) is 2. The number of nitrogens with zero attached hydrogens (tertiary/aromatic N) is 1. The highest BCUT2D eigenvalue weighted by molar-refractivity contribution is 5.78. The molecule has 1 amide bonds. The summed E-state index contributed by atoms with van der Waals surface area (Å²) >= 11 is 0. The fourth-order valence-electron chi connectivity index (χ4n) is 1.47. The number of carbonyl (C=O) groups excluding carboxylic acids is 1. The van der Waals surface area contributed by atoms with Crippen molar-refractivity contribution in [2.45, 2.75) is 39.8 Å². The molecule has 1 aromatic rings. The van der Waals surface area contributed by atoms with Crippen LogP contribution in [-0.2, 0) is 11.3 Å². The van der Waals surface area contributed by atoms with Crippen molar-refractivity contribution in [3.8, 4) is 0 Å². The van der Waals surface area contributed by atoms with Crippen LogP contribution in [0.5, 0.6) is 0 Å². The van der Waals surface area contributed by atoms with E-state index in [4.69, 9.17) is 0 Å². The molecule has 0 radical (unpaired) electrons. The van der Waals surface area contributed by atoms with Crippen LogP contribution in [0.15, 0.2) is 18.5 Å². The lowest BCUT2D eigenvalue weighted by atomic mass is 10.1. The van der Waals surface area contributed by atoms with Crippen molar-refractivity contribution < 1.29 is 4.79 Å². The number of carbonyl (C=O) groups is 1. The van der Waals surface area contributed by atoms with Crippen LogP contribution in [0.2, 0.25) is 0 Å². The molecule has 17 heavy (non-hydrogen) atoms. The highest BCUT2D eigenvalue weighted by Gasteiger charge is 2.12. The predicted octanol–water partition coefficient (Wildman–Crippen LogP) is 1.39. The van der Waals surface area contributed by atoms with Gasteiger partial charge in [-0.3, -0.25) is 9.78 Å². The van der Waals surface area contributed by atoms with Crippen molar-refractivity contribution in [3.63, 3.8) is 0 Å². The molecule has 4 heteroatoms. The van der Waals surface area contributed by atoms with Crippen LogP contribution >= 0.6 is 0 Å². The monoisotopic (exact) mass is 235 g/mol. The van der Waals surface area contributed by atoms with Crippen LogP contribution in [0.25, 0.3) is 0 Å². The zero-order chi connectivity index (χ0) is 12.9. The number of aromatic nitrogens is 1. The number of hydrogen-bond acceptors (Lipinski definition) is 3. The van der Waals surface area contributed by atoms with E-state index in [9.17, 15) is 4.79 Å². The summed E-state index contributed by atoms with van der Waals surface area (Å²) in [6, 6.07) is 1.96. The van der Waals surface area contributed by atoms with Gasteiger partial charge >= 0.3 is 0 Å². The summed E-state index contributed by atoms with van der Waals surface area (Å²) in [5.41, 5.74) is 2.13. The summed E-state index contributed by atoms with van der Waals surface area (Å²) in [7, 11) is 0. The molecule has 0 atom stereocenters. The Hall–Kier alpha value is -1.42. The largest absolute Gasteiger partial charge is 0.350 e. The minimum Gasteiger partial charge on any atom is -0.350 e. The molecule has 94 valence electrons. The van der Waals surface area contributed by atoms with Crippen LogP contribution < -0.4 is 10.6 Å². The fourth-order valence-corrected chi connectivity index (χ4v) is 1.47. The lowest BCUT2D eigenvalue weighted by molar-refractivity contribution is -0.121. The third-order valence-corrected chi connectivity index (χ3v) is 2.25. The lowest BCUT2D eigenvalue weighted by Gasteiger charge is -2.20. The molecule has 0 saturated heterocycles. The smallest absolute Gasteiger partial charge is 0.234 e. The molecule has 0 aliphatic rings. The number of rotatable bonds is 4. The second-order valence-corrected chi connectivity index (χ2v) is 5.20. The van der Waals surface area contributed by atoms with E-state index in [-0.39, 0.29) is 11.4 Å². The quantitative estimate of drug-likeness (QED) is 0.829. The minimum atomic E-state index is -0.175. The van der Waals surface area contributed by atoms with Crippen molar-refractivity contribution >= 4 is 5.91 Å². The van der Waals surface area contributed by atoms with Crippen molar-refractivity contribution in [2.24, 2.45) is 0 Å². The van der Waals surface area contributed by atoms with Gasteiger partial charge in [0.1, 0.15) is 0 Å². The van der Waals surface area contributed by atoms with Gasteiger partial charge in [-0.25, -0.2) is 0 Å². The molecule has 0 saturated carbocycles. The highest BCUT2D eigenvalue weighted by Crippen LogP contribution is 2.03. The Morgan fingerprint density at radius 1 is 1.41 bits per heavy atom. The molecule has 1 aromatic heterocycles.